The van der Waals surface area contributed by atoms with E-state index in [9.17, 15) is 22.4 Å². The molecule has 1 saturated carbocycles. The summed E-state index contributed by atoms with van der Waals surface area (Å²) in [6.07, 6.45) is -3.07. The van der Waals surface area contributed by atoms with E-state index in [1.54, 1.807) is 7.05 Å². The molecule has 254 valence electrons. The number of hydrogen-bond donors (Lipinski definition) is 3. The number of aryl methyl sites for hydroxylation is 2. The van der Waals surface area contributed by atoms with Crippen LogP contribution >= 0.6 is 12.8 Å². The molecule has 0 spiro atoms. The first-order valence-electron chi connectivity index (χ1n) is 15.0. The molecule has 3 atom stereocenters. The first-order chi connectivity index (χ1) is 22.4. The number of amides is 1. The summed E-state index contributed by atoms with van der Waals surface area (Å²) in [7, 11) is 5.04. The van der Waals surface area contributed by atoms with Crippen molar-refractivity contribution in [1.29, 1.82) is 0 Å². The largest absolute Gasteiger partial charge is 0.471 e. The van der Waals surface area contributed by atoms with E-state index in [-0.39, 0.29) is 17.7 Å². The molecule has 0 radical (unpaired) electrons. The number of alkyl halides is 3. The third kappa shape index (κ3) is 9.78. The van der Waals surface area contributed by atoms with Crippen LogP contribution in [0.3, 0.4) is 0 Å². The van der Waals surface area contributed by atoms with Gasteiger partial charge in [-0.2, -0.15) is 13.2 Å². The Morgan fingerprint density at radius 1 is 1.09 bits per heavy atom. The number of anilines is 1. The lowest BCUT2D eigenvalue weighted by molar-refractivity contribution is -0.137. The van der Waals surface area contributed by atoms with E-state index >= 15 is 0 Å². The number of fused-ring (bicyclic) bond motifs is 1. The molecule has 1 aliphatic carbocycles. The molecule has 0 bridgehead atoms. The van der Waals surface area contributed by atoms with Gasteiger partial charge in [-0.1, -0.05) is 43.1 Å². The van der Waals surface area contributed by atoms with Gasteiger partial charge in [-0.25, -0.2) is 9.37 Å². The van der Waals surface area contributed by atoms with Crippen LogP contribution in [-0.2, 0) is 32.3 Å². The average Bonchev–Trinajstić information content (AvgIpc) is 3.34. The zero-order chi connectivity index (χ0) is 34.7. The van der Waals surface area contributed by atoms with Crippen molar-refractivity contribution in [2.75, 3.05) is 26.1 Å². The molecule has 1 aromatic heterocycles. The van der Waals surface area contributed by atoms with Crippen LogP contribution in [0.1, 0.15) is 49.1 Å². The van der Waals surface area contributed by atoms with E-state index in [1.807, 2.05) is 20.9 Å². The summed E-state index contributed by atoms with van der Waals surface area (Å²) >= 11 is 3.54. The third-order valence-electron chi connectivity index (χ3n) is 7.97. The van der Waals surface area contributed by atoms with Crippen molar-refractivity contribution in [2.24, 2.45) is 13.0 Å². The number of ether oxygens (including phenoxy) is 2. The van der Waals surface area contributed by atoms with Gasteiger partial charge in [0.15, 0.2) is 0 Å². The first-order valence-corrected chi connectivity index (χ1v) is 15.4. The van der Waals surface area contributed by atoms with Crippen LogP contribution in [-0.4, -0.2) is 48.8 Å². The number of halogens is 4. The minimum atomic E-state index is -4.66. The number of aromatic nitrogens is 2. The Morgan fingerprint density at radius 2 is 1.72 bits per heavy atom. The lowest BCUT2D eigenvalue weighted by atomic mass is 9.75. The molecule has 1 heterocycles. The molecular formula is C34H40F4N4O4S. The van der Waals surface area contributed by atoms with Crippen LogP contribution in [0.5, 0.6) is 0 Å². The fourth-order valence-electron chi connectivity index (χ4n) is 5.60. The number of nitrogens with one attached hydrogen (secondary N) is 2. The number of thiol groups is 1. The molecule has 0 aliphatic heterocycles. The Balaban J connectivity index is 0.000000784. The molecule has 8 nitrogen and oxygen atoms in total. The second kappa shape index (κ2) is 17.3. The highest BCUT2D eigenvalue weighted by atomic mass is 32.1. The number of benzene rings is 3. The smallest absolute Gasteiger partial charge is 0.416 e. The van der Waals surface area contributed by atoms with Crippen molar-refractivity contribution in [2.45, 2.75) is 51.3 Å². The van der Waals surface area contributed by atoms with Crippen LogP contribution in [0, 0.1) is 18.7 Å². The summed E-state index contributed by atoms with van der Waals surface area (Å²) in [5.74, 6) is -1.07. The summed E-state index contributed by atoms with van der Waals surface area (Å²) < 4.78 is 67.4. The molecule has 2 unspecified atom stereocenters. The Labute approximate surface area is 277 Å². The maximum Gasteiger partial charge on any atom is 0.416 e. The number of imidazole rings is 1. The number of hydrogen-bond acceptors (Lipinski definition) is 7. The average molecular weight is 677 g/mol. The zero-order valence-electron chi connectivity index (χ0n) is 26.9. The molecule has 1 fully saturated rings. The van der Waals surface area contributed by atoms with Crippen LogP contribution < -0.4 is 10.0 Å². The topological polar surface area (TPSA) is 94.5 Å². The number of carbonyl (C=O) groups excluding carboxylic acids is 2. The van der Waals surface area contributed by atoms with E-state index in [4.69, 9.17) is 9.53 Å². The maximum atomic E-state index is 14.4. The molecule has 0 saturated heterocycles. The van der Waals surface area contributed by atoms with Gasteiger partial charge in [-0.15, -0.1) is 0 Å². The van der Waals surface area contributed by atoms with Crippen molar-refractivity contribution >= 4 is 41.9 Å². The predicted octanol–water partition coefficient (Wildman–Crippen LogP) is 7.47. The Bertz CT molecular complexity index is 1630. The van der Waals surface area contributed by atoms with Gasteiger partial charge >= 0.3 is 6.18 Å². The summed E-state index contributed by atoms with van der Waals surface area (Å²) in [5.41, 5.74) is 3.78. The highest BCUT2D eigenvalue weighted by molar-refractivity contribution is 7.78. The van der Waals surface area contributed by atoms with E-state index in [2.05, 4.69) is 79.6 Å². The van der Waals surface area contributed by atoms with Crippen LogP contribution in [0.15, 0.2) is 60.7 Å². The van der Waals surface area contributed by atoms with Crippen LogP contribution in [0.25, 0.3) is 22.2 Å². The fourth-order valence-corrected chi connectivity index (χ4v) is 5.60. The standard InChI is InChI=1S/C31H31F4N3O2.C2H4O2.CH5NS/c1-4-40-29-14-10-22(30(39)37-26-12-11-23(17-25(26)32)31(33,34)35)15-24(29)20-7-5-19(6-8-20)21-9-13-28-27(16-21)36-18(2)38(28)3;1-4-2-3;1-2-3/h5-9,11-13,16-17,22,24,29H,4,10,14-15H2,1-3H3,(H,37,39);2H,1H3;2-3H,1H3/t22?,24?,29-;;/m1../s1. The summed E-state index contributed by atoms with van der Waals surface area (Å²) in [5, 5.41) is 2.50. The lowest BCUT2D eigenvalue weighted by Crippen LogP contribution is -2.35. The molecule has 47 heavy (non-hydrogen) atoms. The van der Waals surface area contributed by atoms with Gasteiger partial charge in [-0.3, -0.25) is 14.3 Å². The van der Waals surface area contributed by atoms with Crippen molar-refractivity contribution in [1.82, 2.24) is 14.3 Å². The Kier molecular flexibility index (Phi) is 13.8. The molecule has 13 heteroatoms. The Morgan fingerprint density at radius 3 is 2.30 bits per heavy atom. The van der Waals surface area contributed by atoms with E-state index < -0.39 is 29.4 Å². The van der Waals surface area contributed by atoms with E-state index in [1.165, 1.54) is 7.11 Å². The second-order valence-corrected chi connectivity index (χ2v) is 11.3. The van der Waals surface area contributed by atoms with Crippen LogP contribution in [0.2, 0.25) is 0 Å². The van der Waals surface area contributed by atoms with E-state index in [0.29, 0.717) is 38.4 Å². The van der Waals surface area contributed by atoms with Crippen molar-refractivity contribution in [3.63, 3.8) is 0 Å². The molecular weight excluding hydrogens is 636 g/mol. The SMILES string of the molecule is CCO[C@@H]1CCC(C(=O)Nc2ccc(C(F)(F)F)cc2F)CC1c1ccc(-c2ccc3c(c2)nc(C)n3C)cc1.CNS.COC=O. The number of nitrogens with zero attached hydrogens (tertiary/aromatic N) is 2. The minimum Gasteiger partial charge on any atom is -0.471 e. The van der Waals surface area contributed by atoms with Crippen molar-refractivity contribution in [3.8, 4) is 11.1 Å². The molecule has 4 aromatic rings. The molecule has 1 aliphatic rings. The highest BCUT2D eigenvalue weighted by Gasteiger charge is 2.36. The first kappa shape index (κ1) is 37.5. The maximum absolute atomic E-state index is 14.4. The molecule has 1 amide bonds. The Hall–Kier alpha value is -3.94. The second-order valence-electron chi connectivity index (χ2n) is 10.9. The summed E-state index contributed by atoms with van der Waals surface area (Å²) in [4.78, 5) is 26.6. The molecule has 5 rings (SSSR count). The minimum absolute atomic E-state index is 0.0585. The van der Waals surface area contributed by atoms with Gasteiger partial charge in [0.1, 0.15) is 11.6 Å². The van der Waals surface area contributed by atoms with Crippen LogP contribution in [0.4, 0.5) is 23.2 Å². The zero-order valence-corrected chi connectivity index (χ0v) is 27.8. The van der Waals surface area contributed by atoms with E-state index in [0.717, 1.165) is 45.7 Å². The number of methoxy groups -OCH3 is 1. The summed E-state index contributed by atoms with van der Waals surface area (Å²) in [6.45, 7) is 4.82. The fraction of sp³-hybridized carbons (Fsp3) is 0.382. The van der Waals surface area contributed by atoms with Gasteiger partial charge in [0.25, 0.3) is 6.47 Å². The number of carbonyl (C=O) groups is 2. The van der Waals surface area contributed by atoms with Crippen molar-refractivity contribution in [3.05, 3.63) is 83.4 Å². The molecule has 3 aromatic carbocycles. The van der Waals surface area contributed by atoms with Gasteiger partial charge < -0.3 is 19.4 Å². The third-order valence-corrected chi connectivity index (χ3v) is 7.97. The monoisotopic (exact) mass is 676 g/mol. The van der Waals surface area contributed by atoms with Gasteiger partial charge in [0, 0.05) is 25.5 Å². The predicted molar refractivity (Wildman–Crippen MR) is 178 cm³/mol. The molecule has 2 N–H and O–H groups in total. The van der Waals surface area contributed by atoms with Gasteiger partial charge in [0.2, 0.25) is 5.91 Å². The van der Waals surface area contributed by atoms with Gasteiger partial charge in [-0.05, 0) is 87.2 Å². The highest BCUT2D eigenvalue weighted by Crippen LogP contribution is 2.40. The number of rotatable bonds is 7. The normalized spacial score (nSPS) is 17.5. The van der Waals surface area contributed by atoms with Gasteiger partial charge in [0.05, 0.1) is 35.5 Å². The quantitative estimate of drug-likeness (QED) is 0.107. The lowest BCUT2D eigenvalue weighted by Gasteiger charge is -2.35. The van der Waals surface area contributed by atoms with Crippen molar-refractivity contribution < 1.29 is 36.6 Å². The summed E-state index contributed by atoms with van der Waals surface area (Å²) in [6, 6.07) is 16.5.